The Bertz CT molecular complexity index is 434. The summed E-state index contributed by atoms with van der Waals surface area (Å²) in [5.41, 5.74) is 5.15. The van der Waals surface area contributed by atoms with Crippen LogP contribution in [0.15, 0.2) is 24.3 Å². The summed E-state index contributed by atoms with van der Waals surface area (Å²) in [5.74, 6) is -2.26. The molecule has 0 bridgehead atoms. The van der Waals surface area contributed by atoms with Crippen LogP contribution in [-0.4, -0.2) is 28.1 Å². The van der Waals surface area contributed by atoms with Crippen LogP contribution in [-0.2, 0) is 4.79 Å². The molecule has 0 aliphatic rings. The van der Waals surface area contributed by atoms with Crippen molar-refractivity contribution in [1.82, 2.24) is 0 Å². The number of benzene rings is 1. The van der Waals surface area contributed by atoms with Crippen LogP contribution in [0.3, 0.4) is 0 Å². The molecule has 1 atom stereocenters. The van der Waals surface area contributed by atoms with E-state index < -0.39 is 11.9 Å². The standard InChI is InChI=1S/C8H6O4.C6H13NO/c9-7(10)5-1-2-6(4-3-5)8(11)12;1-3-4-5(2)6(7)8/h1-4H,(H,9,10)(H,11,12);5H,3-4H2,1-2H3,(H2,7,8). The predicted octanol–water partition coefficient (Wildman–Crippen LogP) is 1.99. The predicted molar refractivity (Wildman–Crippen MR) is 73.6 cm³/mol. The molecule has 0 saturated heterocycles. The molecule has 20 heavy (non-hydrogen) atoms. The largest absolute Gasteiger partial charge is 0.478 e. The lowest BCUT2D eigenvalue weighted by atomic mass is 10.1. The number of carboxylic acids is 2. The van der Waals surface area contributed by atoms with Gasteiger partial charge in [0.15, 0.2) is 0 Å². The van der Waals surface area contributed by atoms with Crippen molar-refractivity contribution in [3.05, 3.63) is 35.4 Å². The van der Waals surface area contributed by atoms with Crippen molar-refractivity contribution < 1.29 is 24.6 Å². The molecule has 0 aliphatic carbocycles. The molecule has 1 aromatic rings. The summed E-state index contributed by atoms with van der Waals surface area (Å²) in [6, 6.07) is 5.02. The van der Waals surface area contributed by atoms with E-state index in [-0.39, 0.29) is 23.0 Å². The Morgan fingerprint density at radius 1 is 1.05 bits per heavy atom. The second-order valence-corrected chi connectivity index (χ2v) is 4.28. The second kappa shape index (κ2) is 8.68. The molecule has 1 rings (SSSR count). The van der Waals surface area contributed by atoms with Crippen molar-refractivity contribution in [2.24, 2.45) is 11.7 Å². The summed E-state index contributed by atoms with van der Waals surface area (Å²) in [6.45, 7) is 3.89. The van der Waals surface area contributed by atoms with Gasteiger partial charge >= 0.3 is 11.9 Å². The van der Waals surface area contributed by atoms with Crippen LogP contribution in [0.25, 0.3) is 0 Å². The highest BCUT2D eigenvalue weighted by molar-refractivity contribution is 5.91. The first-order valence-electron chi connectivity index (χ1n) is 6.15. The molecule has 0 radical (unpaired) electrons. The lowest BCUT2D eigenvalue weighted by Crippen LogP contribution is -2.19. The molecular formula is C14H19NO5. The molecule has 110 valence electrons. The van der Waals surface area contributed by atoms with Crippen molar-refractivity contribution in [2.75, 3.05) is 0 Å². The molecule has 1 amide bonds. The zero-order valence-corrected chi connectivity index (χ0v) is 11.5. The molecule has 1 unspecified atom stereocenters. The highest BCUT2D eigenvalue weighted by Crippen LogP contribution is 2.04. The summed E-state index contributed by atoms with van der Waals surface area (Å²) in [4.78, 5) is 31.0. The zero-order valence-electron chi connectivity index (χ0n) is 11.5. The van der Waals surface area contributed by atoms with Gasteiger partial charge in [0.2, 0.25) is 5.91 Å². The van der Waals surface area contributed by atoms with Crippen LogP contribution >= 0.6 is 0 Å². The average molecular weight is 281 g/mol. The van der Waals surface area contributed by atoms with E-state index in [1.54, 1.807) is 0 Å². The van der Waals surface area contributed by atoms with E-state index in [9.17, 15) is 14.4 Å². The number of carbonyl (C=O) groups excluding carboxylic acids is 1. The van der Waals surface area contributed by atoms with Gasteiger partial charge in [-0.1, -0.05) is 20.3 Å². The van der Waals surface area contributed by atoms with Crippen molar-refractivity contribution in [1.29, 1.82) is 0 Å². The zero-order chi connectivity index (χ0) is 15.7. The van der Waals surface area contributed by atoms with Crippen molar-refractivity contribution in [3.8, 4) is 0 Å². The summed E-state index contributed by atoms with van der Waals surface area (Å²) in [5, 5.41) is 16.9. The number of rotatable bonds is 5. The maximum atomic E-state index is 10.3. The maximum Gasteiger partial charge on any atom is 0.335 e. The van der Waals surface area contributed by atoms with Gasteiger partial charge in [0, 0.05) is 5.92 Å². The van der Waals surface area contributed by atoms with Gasteiger partial charge in [0.05, 0.1) is 11.1 Å². The van der Waals surface area contributed by atoms with E-state index in [0.717, 1.165) is 12.8 Å². The molecule has 0 saturated carbocycles. The summed E-state index contributed by atoms with van der Waals surface area (Å²) in [7, 11) is 0. The molecular weight excluding hydrogens is 262 g/mol. The lowest BCUT2D eigenvalue weighted by molar-refractivity contribution is -0.121. The second-order valence-electron chi connectivity index (χ2n) is 4.28. The first kappa shape index (κ1) is 17.6. The van der Waals surface area contributed by atoms with Gasteiger partial charge in [-0.15, -0.1) is 0 Å². The Morgan fingerprint density at radius 3 is 1.55 bits per heavy atom. The first-order valence-corrected chi connectivity index (χ1v) is 6.15. The number of nitrogens with two attached hydrogens (primary N) is 1. The lowest BCUT2D eigenvalue weighted by Gasteiger charge is -2.01. The summed E-state index contributed by atoms with van der Waals surface area (Å²) in [6.07, 6.45) is 1.94. The number of carbonyl (C=O) groups is 3. The molecule has 0 aliphatic heterocycles. The van der Waals surface area contributed by atoms with Crippen LogP contribution in [0.2, 0.25) is 0 Å². The molecule has 6 heteroatoms. The number of amides is 1. The van der Waals surface area contributed by atoms with E-state index in [1.165, 1.54) is 24.3 Å². The summed E-state index contributed by atoms with van der Waals surface area (Å²) >= 11 is 0. The minimum atomic E-state index is -1.06. The number of aromatic carboxylic acids is 2. The minimum absolute atomic E-state index is 0.0556. The Balaban J connectivity index is 0.000000396. The molecule has 0 spiro atoms. The Morgan fingerprint density at radius 2 is 1.40 bits per heavy atom. The van der Waals surface area contributed by atoms with E-state index in [4.69, 9.17) is 15.9 Å². The van der Waals surface area contributed by atoms with E-state index in [0.29, 0.717) is 0 Å². The van der Waals surface area contributed by atoms with Gasteiger partial charge in [-0.3, -0.25) is 4.79 Å². The van der Waals surface area contributed by atoms with Crippen molar-refractivity contribution in [2.45, 2.75) is 26.7 Å². The van der Waals surface area contributed by atoms with Gasteiger partial charge in [-0.2, -0.15) is 0 Å². The van der Waals surface area contributed by atoms with Crippen molar-refractivity contribution in [3.63, 3.8) is 0 Å². The highest BCUT2D eigenvalue weighted by atomic mass is 16.4. The Labute approximate surface area is 117 Å². The normalized spacial score (nSPS) is 10.9. The first-order chi connectivity index (χ1) is 9.29. The van der Waals surface area contributed by atoms with E-state index in [1.807, 2.05) is 13.8 Å². The number of hydrogen-bond acceptors (Lipinski definition) is 3. The third kappa shape index (κ3) is 6.53. The van der Waals surface area contributed by atoms with Crippen LogP contribution in [0.4, 0.5) is 0 Å². The molecule has 0 heterocycles. The van der Waals surface area contributed by atoms with Crippen LogP contribution in [0.5, 0.6) is 0 Å². The molecule has 0 fully saturated rings. The molecule has 6 nitrogen and oxygen atoms in total. The number of hydrogen-bond donors (Lipinski definition) is 3. The maximum absolute atomic E-state index is 10.3. The third-order valence-corrected chi connectivity index (χ3v) is 2.59. The van der Waals surface area contributed by atoms with Crippen LogP contribution in [0.1, 0.15) is 47.4 Å². The van der Waals surface area contributed by atoms with Crippen molar-refractivity contribution >= 4 is 17.8 Å². The Kier molecular flexibility index (Phi) is 7.65. The highest BCUT2D eigenvalue weighted by Gasteiger charge is 2.05. The molecule has 4 N–H and O–H groups in total. The SMILES string of the molecule is CCCC(C)C(N)=O.O=C(O)c1ccc(C(=O)O)cc1. The van der Waals surface area contributed by atoms with Crippen LogP contribution in [0, 0.1) is 5.92 Å². The molecule has 0 aromatic heterocycles. The van der Waals surface area contributed by atoms with Crippen LogP contribution < -0.4 is 5.73 Å². The van der Waals surface area contributed by atoms with Gasteiger partial charge in [-0.05, 0) is 30.7 Å². The number of primary amides is 1. The number of carboxylic acid groups (broad SMARTS) is 2. The van der Waals surface area contributed by atoms with Gasteiger partial charge < -0.3 is 15.9 Å². The topological polar surface area (TPSA) is 118 Å². The van der Waals surface area contributed by atoms with E-state index >= 15 is 0 Å². The van der Waals surface area contributed by atoms with E-state index in [2.05, 4.69) is 0 Å². The Hall–Kier alpha value is -2.37. The minimum Gasteiger partial charge on any atom is -0.478 e. The summed E-state index contributed by atoms with van der Waals surface area (Å²) < 4.78 is 0. The third-order valence-electron chi connectivity index (χ3n) is 2.59. The monoisotopic (exact) mass is 281 g/mol. The fourth-order valence-corrected chi connectivity index (χ4v) is 1.33. The van der Waals surface area contributed by atoms with Gasteiger partial charge in [0.25, 0.3) is 0 Å². The fourth-order valence-electron chi connectivity index (χ4n) is 1.33. The smallest absolute Gasteiger partial charge is 0.335 e. The van der Waals surface area contributed by atoms with Gasteiger partial charge in [0.1, 0.15) is 0 Å². The molecule has 1 aromatic carbocycles. The average Bonchev–Trinajstić information content (AvgIpc) is 2.39. The quantitative estimate of drug-likeness (QED) is 0.762. The fraction of sp³-hybridized carbons (Fsp3) is 0.357. The van der Waals surface area contributed by atoms with Gasteiger partial charge in [-0.25, -0.2) is 9.59 Å².